The number of carboxylic acid groups (broad SMARTS) is 2. The molecule has 0 heterocycles. The average Bonchev–Trinajstić information content (AvgIpc) is 2.67. The molecule has 2 aromatic carbocycles. The van der Waals surface area contributed by atoms with Crippen LogP contribution in [0.25, 0.3) is 0 Å². The fourth-order valence-electron chi connectivity index (χ4n) is 3.07. The predicted molar refractivity (Wildman–Crippen MR) is 98.4 cm³/mol. The van der Waals surface area contributed by atoms with Crippen LogP contribution in [0.15, 0.2) is 71.8 Å². The Morgan fingerprint density at radius 3 is 1.44 bits per heavy atom. The molecule has 0 saturated heterocycles. The molecule has 0 aromatic heterocycles. The molecule has 2 aromatic rings. The number of ether oxygens (including phenoxy) is 1. The van der Waals surface area contributed by atoms with E-state index in [9.17, 15) is 24.6 Å². The van der Waals surface area contributed by atoms with Crippen molar-refractivity contribution in [3.63, 3.8) is 0 Å². The molecule has 0 radical (unpaired) electrons. The Balaban J connectivity index is 2.79. The molecule has 0 aliphatic carbocycles. The van der Waals surface area contributed by atoms with Gasteiger partial charge >= 0.3 is 17.9 Å². The van der Waals surface area contributed by atoms with Crippen LogP contribution in [0.2, 0.25) is 0 Å². The highest BCUT2D eigenvalue weighted by atomic mass is 16.5. The van der Waals surface area contributed by atoms with Gasteiger partial charge in [0.05, 0.1) is 7.11 Å². The normalized spacial score (nSPS) is 12.5. The van der Waals surface area contributed by atoms with E-state index in [1.165, 1.54) is 14.0 Å². The number of esters is 1. The second-order valence-electron chi connectivity index (χ2n) is 5.94. The van der Waals surface area contributed by atoms with Gasteiger partial charge < -0.3 is 14.9 Å². The summed E-state index contributed by atoms with van der Waals surface area (Å²) in [6, 6.07) is 16.5. The number of benzene rings is 2. The molecule has 2 rings (SSSR count). The maximum Gasteiger partial charge on any atom is 0.333 e. The minimum atomic E-state index is -1.31. The molecule has 0 saturated carbocycles. The van der Waals surface area contributed by atoms with Crippen LogP contribution in [0.4, 0.5) is 0 Å². The Hall–Kier alpha value is -3.41. The first-order valence-electron chi connectivity index (χ1n) is 8.23. The summed E-state index contributed by atoms with van der Waals surface area (Å²) < 4.78 is 4.74. The quantitative estimate of drug-likeness (QED) is 0.575. The maximum atomic E-state index is 12.2. The van der Waals surface area contributed by atoms with E-state index >= 15 is 0 Å². The lowest BCUT2D eigenvalue weighted by Gasteiger charge is -2.25. The van der Waals surface area contributed by atoms with Crippen LogP contribution >= 0.6 is 0 Å². The minimum absolute atomic E-state index is 0.0285. The molecule has 2 unspecified atom stereocenters. The largest absolute Gasteiger partial charge is 0.481 e. The van der Waals surface area contributed by atoms with Crippen molar-refractivity contribution in [2.45, 2.75) is 18.8 Å². The summed E-state index contributed by atoms with van der Waals surface area (Å²) in [6.07, 6.45) is 0. The summed E-state index contributed by atoms with van der Waals surface area (Å²) in [5, 5.41) is 19.8. The lowest BCUT2D eigenvalue weighted by molar-refractivity contribution is -0.139. The smallest absolute Gasteiger partial charge is 0.333 e. The first-order valence-corrected chi connectivity index (χ1v) is 8.23. The van der Waals surface area contributed by atoms with Gasteiger partial charge in [-0.05, 0) is 23.6 Å². The molecule has 27 heavy (non-hydrogen) atoms. The van der Waals surface area contributed by atoms with Gasteiger partial charge in [-0.3, -0.25) is 9.59 Å². The van der Waals surface area contributed by atoms with E-state index in [4.69, 9.17) is 4.74 Å². The first kappa shape index (κ1) is 19.9. The maximum absolute atomic E-state index is 12.2. The molecule has 0 amide bonds. The van der Waals surface area contributed by atoms with Gasteiger partial charge in [0.25, 0.3) is 0 Å². The molecule has 2 atom stereocenters. The van der Waals surface area contributed by atoms with Crippen LogP contribution in [0.3, 0.4) is 0 Å². The van der Waals surface area contributed by atoms with Crippen LogP contribution in [0.5, 0.6) is 0 Å². The number of hydrogen-bond acceptors (Lipinski definition) is 4. The third-order valence-electron chi connectivity index (χ3n) is 4.31. The Labute approximate surface area is 156 Å². The fraction of sp³-hybridized carbons (Fsp3) is 0.190. The summed E-state index contributed by atoms with van der Waals surface area (Å²) in [6.45, 7) is 1.39. The van der Waals surface area contributed by atoms with Crippen molar-refractivity contribution in [1.82, 2.24) is 0 Å². The van der Waals surface area contributed by atoms with Crippen LogP contribution < -0.4 is 0 Å². The SMILES string of the molecule is COC(=O)C(C)=C(C(C(=O)O)c1ccccc1)C(C(=O)O)c1ccccc1. The number of carboxylic acids is 2. The Morgan fingerprint density at radius 1 is 0.778 bits per heavy atom. The van der Waals surface area contributed by atoms with Crippen molar-refractivity contribution in [2.24, 2.45) is 0 Å². The van der Waals surface area contributed by atoms with Gasteiger partial charge in [-0.1, -0.05) is 60.7 Å². The number of methoxy groups -OCH3 is 1. The van der Waals surface area contributed by atoms with E-state index < -0.39 is 29.7 Å². The molecule has 140 valence electrons. The van der Waals surface area contributed by atoms with Gasteiger partial charge in [0.1, 0.15) is 11.8 Å². The lowest BCUT2D eigenvalue weighted by Crippen LogP contribution is -2.26. The van der Waals surface area contributed by atoms with E-state index in [-0.39, 0.29) is 11.1 Å². The third kappa shape index (κ3) is 4.41. The van der Waals surface area contributed by atoms with Gasteiger partial charge in [-0.2, -0.15) is 0 Å². The molecule has 0 bridgehead atoms. The molecule has 2 N–H and O–H groups in total. The summed E-state index contributed by atoms with van der Waals surface area (Å²) >= 11 is 0. The Kier molecular flexibility index (Phi) is 6.49. The molecule has 0 spiro atoms. The van der Waals surface area contributed by atoms with Crippen LogP contribution in [0, 0.1) is 0 Å². The zero-order valence-corrected chi connectivity index (χ0v) is 15.0. The van der Waals surface area contributed by atoms with Gasteiger partial charge in [0, 0.05) is 5.57 Å². The monoisotopic (exact) mass is 368 g/mol. The standard InChI is InChI=1S/C21H20O6/c1-13(21(26)27-2)16(17(19(22)23)14-9-5-3-6-10-14)18(20(24)25)15-11-7-4-8-12-15/h3-12,17-18H,1-2H3,(H,22,23)(H,24,25). The number of rotatable bonds is 7. The Bertz CT molecular complexity index is 795. The second-order valence-corrected chi connectivity index (χ2v) is 5.94. The van der Waals surface area contributed by atoms with Crippen LogP contribution in [-0.4, -0.2) is 35.2 Å². The second kappa shape index (κ2) is 8.80. The van der Waals surface area contributed by atoms with Crippen molar-refractivity contribution in [3.05, 3.63) is 82.9 Å². The van der Waals surface area contributed by atoms with Crippen molar-refractivity contribution >= 4 is 17.9 Å². The van der Waals surface area contributed by atoms with Gasteiger partial charge in [0.2, 0.25) is 0 Å². The van der Waals surface area contributed by atoms with Crippen LogP contribution in [0.1, 0.15) is 29.9 Å². The number of carbonyl (C=O) groups excluding carboxylic acids is 1. The first-order chi connectivity index (χ1) is 12.9. The van der Waals surface area contributed by atoms with Crippen molar-refractivity contribution in [2.75, 3.05) is 7.11 Å². The summed E-state index contributed by atoms with van der Waals surface area (Å²) in [7, 11) is 1.17. The predicted octanol–water partition coefficient (Wildman–Crippen LogP) is 3.21. The lowest BCUT2D eigenvalue weighted by atomic mass is 9.77. The minimum Gasteiger partial charge on any atom is -0.481 e. The topological polar surface area (TPSA) is 101 Å². The molecule has 0 aliphatic rings. The third-order valence-corrected chi connectivity index (χ3v) is 4.31. The van der Waals surface area contributed by atoms with Gasteiger partial charge in [0.15, 0.2) is 0 Å². The summed E-state index contributed by atoms with van der Waals surface area (Å²) in [5.74, 6) is -5.89. The van der Waals surface area contributed by atoms with E-state index in [0.717, 1.165) is 0 Å². The fourth-order valence-corrected chi connectivity index (χ4v) is 3.07. The van der Waals surface area contributed by atoms with E-state index in [2.05, 4.69) is 0 Å². The van der Waals surface area contributed by atoms with Crippen molar-refractivity contribution in [3.8, 4) is 0 Å². The highest BCUT2D eigenvalue weighted by molar-refractivity contribution is 5.95. The molecule has 0 aliphatic heterocycles. The average molecular weight is 368 g/mol. The molecular formula is C21H20O6. The molecule has 0 fully saturated rings. The van der Waals surface area contributed by atoms with E-state index in [0.29, 0.717) is 11.1 Å². The molecular weight excluding hydrogens is 348 g/mol. The zero-order chi connectivity index (χ0) is 20.0. The van der Waals surface area contributed by atoms with Crippen LogP contribution in [-0.2, 0) is 19.1 Å². The highest BCUT2D eigenvalue weighted by Gasteiger charge is 2.37. The number of aliphatic carboxylic acids is 2. The molecule has 6 heteroatoms. The van der Waals surface area contributed by atoms with E-state index in [1.807, 2.05) is 0 Å². The van der Waals surface area contributed by atoms with Gasteiger partial charge in [-0.15, -0.1) is 0 Å². The summed E-state index contributed by atoms with van der Waals surface area (Å²) in [5.41, 5.74) is 0.695. The number of carbonyl (C=O) groups is 3. The van der Waals surface area contributed by atoms with Gasteiger partial charge in [-0.25, -0.2) is 4.79 Å². The van der Waals surface area contributed by atoms with Crippen molar-refractivity contribution in [1.29, 1.82) is 0 Å². The highest BCUT2D eigenvalue weighted by Crippen LogP contribution is 2.38. The zero-order valence-electron chi connectivity index (χ0n) is 15.0. The number of hydrogen-bond donors (Lipinski definition) is 2. The Morgan fingerprint density at radius 2 is 1.15 bits per heavy atom. The summed E-state index contributed by atoms with van der Waals surface area (Å²) in [4.78, 5) is 36.5. The van der Waals surface area contributed by atoms with E-state index in [1.54, 1.807) is 60.7 Å². The molecule has 6 nitrogen and oxygen atoms in total. The van der Waals surface area contributed by atoms with Crippen molar-refractivity contribution < 1.29 is 29.3 Å².